The van der Waals surface area contributed by atoms with Gasteiger partial charge in [0.15, 0.2) is 0 Å². The highest BCUT2D eigenvalue weighted by molar-refractivity contribution is 7.98. The van der Waals surface area contributed by atoms with E-state index in [0.717, 1.165) is 16.9 Å². The Hall–Kier alpha value is -1.06. The zero-order chi connectivity index (χ0) is 19.0. The maximum absolute atomic E-state index is 12.5. The predicted octanol–water partition coefficient (Wildman–Crippen LogP) is 3.16. The molecule has 142 valence electrons. The van der Waals surface area contributed by atoms with Crippen molar-refractivity contribution in [2.45, 2.75) is 23.1 Å². The van der Waals surface area contributed by atoms with Crippen LogP contribution in [-0.2, 0) is 21.2 Å². The summed E-state index contributed by atoms with van der Waals surface area (Å²) < 4.78 is 27.5. The molecule has 0 saturated heterocycles. The molecule has 1 amide bonds. The molecular formula is C17H21ClN2O3S3. The van der Waals surface area contributed by atoms with Crippen LogP contribution >= 0.6 is 34.7 Å². The summed E-state index contributed by atoms with van der Waals surface area (Å²) in [6.45, 7) is 0.428. The second-order valence-corrected chi connectivity index (χ2v) is 9.87. The maximum atomic E-state index is 12.5. The number of hydrogen-bond donors (Lipinski definition) is 2. The molecule has 2 aromatic rings. The van der Waals surface area contributed by atoms with E-state index in [1.807, 2.05) is 18.4 Å². The van der Waals surface area contributed by atoms with Gasteiger partial charge in [-0.15, -0.1) is 11.3 Å². The number of carbonyl (C=O) groups is 1. The van der Waals surface area contributed by atoms with E-state index in [9.17, 15) is 13.2 Å². The Morgan fingerprint density at radius 3 is 2.62 bits per heavy atom. The molecule has 0 fully saturated rings. The lowest BCUT2D eigenvalue weighted by Crippen LogP contribution is -2.47. The number of rotatable bonds is 10. The lowest BCUT2D eigenvalue weighted by atomic mass is 10.1. The average molecular weight is 433 g/mol. The normalized spacial score (nSPS) is 12.7. The van der Waals surface area contributed by atoms with Crippen molar-refractivity contribution in [3.63, 3.8) is 0 Å². The van der Waals surface area contributed by atoms with Crippen LogP contribution in [0.3, 0.4) is 0 Å². The Bertz CT molecular complexity index is 793. The smallest absolute Gasteiger partial charge is 0.250 e. The summed E-state index contributed by atoms with van der Waals surface area (Å²) >= 11 is 8.55. The van der Waals surface area contributed by atoms with Crippen molar-refractivity contribution in [2.75, 3.05) is 18.6 Å². The van der Waals surface area contributed by atoms with Crippen molar-refractivity contribution in [3.05, 3.63) is 52.4 Å². The maximum Gasteiger partial charge on any atom is 0.250 e. The largest absolute Gasteiger partial charge is 0.354 e. The monoisotopic (exact) mass is 432 g/mol. The minimum absolute atomic E-state index is 0.209. The Morgan fingerprint density at radius 2 is 2.00 bits per heavy atom. The topological polar surface area (TPSA) is 75.3 Å². The first-order chi connectivity index (χ1) is 12.4. The number of amides is 1. The molecule has 0 bridgehead atoms. The number of halogens is 1. The lowest BCUT2D eigenvalue weighted by Gasteiger charge is -2.17. The first-order valence-corrected chi connectivity index (χ1v) is 12.1. The predicted molar refractivity (Wildman–Crippen MR) is 110 cm³/mol. The van der Waals surface area contributed by atoms with Gasteiger partial charge in [-0.2, -0.15) is 16.5 Å². The van der Waals surface area contributed by atoms with E-state index in [0.29, 0.717) is 30.2 Å². The summed E-state index contributed by atoms with van der Waals surface area (Å²) in [6.07, 6.45) is 3.00. The first kappa shape index (κ1) is 21.2. The van der Waals surface area contributed by atoms with Crippen LogP contribution < -0.4 is 10.0 Å². The van der Waals surface area contributed by atoms with Crippen molar-refractivity contribution in [1.82, 2.24) is 10.0 Å². The van der Waals surface area contributed by atoms with Crippen LogP contribution in [-0.4, -0.2) is 38.9 Å². The summed E-state index contributed by atoms with van der Waals surface area (Å²) in [5, 5.41) is 5.17. The number of sulfonamides is 1. The molecule has 9 heteroatoms. The fraction of sp³-hybridized carbons (Fsp3) is 0.353. The summed E-state index contributed by atoms with van der Waals surface area (Å²) in [5.41, 5.74) is 1.05. The Morgan fingerprint density at radius 1 is 1.27 bits per heavy atom. The number of hydrogen-bond acceptors (Lipinski definition) is 5. The number of nitrogens with one attached hydrogen (secondary N) is 2. The van der Waals surface area contributed by atoms with Crippen molar-refractivity contribution in [3.8, 4) is 0 Å². The van der Waals surface area contributed by atoms with Gasteiger partial charge < -0.3 is 5.32 Å². The molecule has 1 aromatic carbocycles. The molecular weight excluding hydrogens is 412 g/mol. The highest BCUT2D eigenvalue weighted by Crippen LogP contribution is 2.17. The summed E-state index contributed by atoms with van der Waals surface area (Å²) in [6, 6.07) is 9.81. The van der Waals surface area contributed by atoms with E-state index in [1.54, 1.807) is 35.3 Å². The van der Waals surface area contributed by atoms with Crippen LogP contribution in [0.25, 0.3) is 0 Å². The molecule has 1 atom stereocenters. The summed E-state index contributed by atoms with van der Waals surface area (Å²) in [5.74, 6) is 0.371. The zero-order valence-electron chi connectivity index (χ0n) is 14.3. The van der Waals surface area contributed by atoms with Gasteiger partial charge in [-0.1, -0.05) is 29.8 Å². The van der Waals surface area contributed by atoms with Gasteiger partial charge in [0.25, 0.3) is 10.0 Å². The Balaban J connectivity index is 1.94. The molecule has 0 saturated carbocycles. The molecule has 26 heavy (non-hydrogen) atoms. The van der Waals surface area contributed by atoms with Crippen LogP contribution in [0, 0.1) is 0 Å². The molecule has 0 aliphatic rings. The molecule has 0 unspecified atom stereocenters. The zero-order valence-corrected chi connectivity index (χ0v) is 17.5. The lowest BCUT2D eigenvalue weighted by molar-refractivity contribution is -0.122. The molecule has 2 rings (SSSR count). The van der Waals surface area contributed by atoms with Crippen molar-refractivity contribution in [2.24, 2.45) is 0 Å². The van der Waals surface area contributed by atoms with Gasteiger partial charge in [0.1, 0.15) is 10.3 Å². The van der Waals surface area contributed by atoms with Crippen molar-refractivity contribution >= 4 is 50.6 Å². The second kappa shape index (κ2) is 10.3. The van der Waals surface area contributed by atoms with Gasteiger partial charge in [0.2, 0.25) is 5.91 Å². The van der Waals surface area contributed by atoms with E-state index in [1.165, 1.54) is 6.07 Å². The van der Waals surface area contributed by atoms with Gasteiger partial charge in [-0.25, -0.2) is 8.42 Å². The third-order valence-electron chi connectivity index (χ3n) is 3.61. The number of thiophene rings is 1. The SMILES string of the molecule is CSCC[C@@H](NS(=O)(=O)c1cccs1)C(=O)NCCc1ccc(Cl)cc1. The van der Waals surface area contributed by atoms with E-state index in [-0.39, 0.29) is 10.1 Å². The quantitative estimate of drug-likeness (QED) is 0.604. The number of thioether (sulfide) groups is 1. The second-order valence-electron chi connectivity index (χ2n) is 5.55. The van der Waals surface area contributed by atoms with Gasteiger partial charge in [0.05, 0.1) is 0 Å². The molecule has 1 heterocycles. The molecule has 0 aliphatic carbocycles. The minimum atomic E-state index is -3.69. The fourth-order valence-corrected chi connectivity index (χ4v) is 5.08. The van der Waals surface area contributed by atoms with E-state index >= 15 is 0 Å². The van der Waals surface area contributed by atoms with Gasteiger partial charge in [0, 0.05) is 11.6 Å². The van der Waals surface area contributed by atoms with E-state index in [2.05, 4.69) is 10.0 Å². The van der Waals surface area contributed by atoms with Crippen LogP contribution in [0.5, 0.6) is 0 Å². The van der Waals surface area contributed by atoms with E-state index < -0.39 is 16.1 Å². The highest BCUT2D eigenvalue weighted by Gasteiger charge is 2.25. The third kappa shape index (κ3) is 6.59. The molecule has 1 aromatic heterocycles. The molecule has 0 aliphatic heterocycles. The van der Waals surface area contributed by atoms with Crippen molar-refractivity contribution in [1.29, 1.82) is 0 Å². The molecule has 5 nitrogen and oxygen atoms in total. The fourth-order valence-electron chi connectivity index (χ4n) is 2.25. The van der Waals surface area contributed by atoms with Crippen LogP contribution in [0.15, 0.2) is 46.0 Å². The van der Waals surface area contributed by atoms with Crippen LogP contribution in [0.1, 0.15) is 12.0 Å². The molecule has 0 spiro atoms. The molecule has 0 radical (unpaired) electrons. The van der Waals surface area contributed by atoms with E-state index in [4.69, 9.17) is 11.6 Å². The first-order valence-electron chi connectivity index (χ1n) is 7.99. The van der Waals surface area contributed by atoms with Crippen LogP contribution in [0.4, 0.5) is 0 Å². The highest BCUT2D eigenvalue weighted by atomic mass is 35.5. The standard InChI is InChI=1S/C17H21ClN2O3S3/c1-24-12-9-15(20-26(22,23)16-3-2-11-25-16)17(21)19-10-8-13-4-6-14(18)7-5-13/h2-7,11,15,20H,8-10,12H2,1H3,(H,19,21)/t15-/m1/s1. The van der Waals surface area contributed by atoms with Crippen molar-refractivity contribution < 1.29 is 13.2 Å². The van der Waals surface area contributed by atoms with Gasteiger partial charge in [-0.3, -0.25) is 4.79 Å². The third-order valence-corrected chi connectivity index (χ3v) is 7.38. The Kier molecular flexibility index (Phi) is 8.43. The summed E-state index contributed by atoms with van der Waals surface area (Å²) in [7, 11) is -3.69. The van der Waals surface area contributed by atoms with Gasteiger partial charge in [-0.05, 0) is 54.0 Å². The van der Waals surface area contributed by atoms with Gasteiger partial charge >= 0.3 is 0 Å². The Labute approximate surface area is 167 Å². The van der Waals surface area contributed by atoms with Crippen LogP contribution in [0.2, 0.25) is 5.02 Å². The number of carbonyl (C=O) groups excluding carboxylic acids is 1. The minimum Gasteiger partial charge on any atom is -0.354 e. The summed E-state index contributed by atoms with van der Waals surface area (Å²) in [4.78, 5) is 12.5. The average Bonchev–Trinajstić information content (AvgIpc) is 3.16. The number of benzene rings is 1. The molecule has 2 N–H and O–H groups in total.